The first kappa shape index (κ1) is 34.3. The van der Waals surface area contributed by atoms with Crippen LogP contribution in [-0.4, -0.2) is 57.2 Å². The minimum absolute atomic E-state index is 0.0223. The van der Waals surface area contributed by atoms with E-state index in [4.69, 9.17) is 20.9 Å². The van der Waals surface area contributed by atoms with E-state index < -0.39 is 32.3 Å². The lowest BCUT2D eigenvalue weighted by molar-refractivity contribution is -0.137. The lowest BCUT2D eigenvalue weighted by Gasteiger charge is -2.31. The predicted octanol–water partition coefficient (Wildman–Crippen LogP) is 6.37. The Bertz CT molecular complexity index is 1570. The fourth-order valence-electron chi connectivity index (χ4n) is 4.72. The second-order valence-electron chi connectivity index (χ2n) is 10.3. The number of nitrogens with zero attached hydrogens (tertiary/aromatic N) is 2. The molecule has 3 aromatic rings. The van der Waals surface area contributed by atoms with Crippen LogP contribution >= 0.6 is 11.6 Å². The number of hydrogen-bond acceptors (Lipinski definition) is 7. The molecule has 4 rings (SSSR count). The van der Waals surface area contributed by atoms with Crippen LogP contribution in [0.1, 0.15) is 71.0 Å². The summed E-state index contributed by atoms with van der Waals surface area (Å²) in [7, 11) is -2.40. The molecule has 43 heavy (non-hydrogen) atoms. The number of methoxy groups -OCH3 is 1. The van der Waals surface area contributed by atoms with E-state index in [2.05, 4.69) is 18.1 Å². The third kappa shape index (κ3) is 8.24. The van der Waals surface area contributed by atoms with Crippen molar-refractivity contribution in [1.82, 2.24) is 5.16 Å². The lowest BCUT2D eigenvalue weighted by atomic mass is 10.0. The second-order valence-corrected chi connectivity index (χ2v) is 12.6. The molecule has 13 heteroatoms. The molecule has 8 nitrogen and oxygen atoms in total. The molecular formula is C30H34ClF3N2O6S. The van der Waals surface area contributed by atoms with Crippen LogP contribution in [-0.2, 0) is 32.0 Å². The standard InChI is InChI=1S/C15H22ClNO2.C15H12F3NO4S/c1-5-13-8-6-7-11(2)15(13)17(14(18)9-16)12(3)10-19-4;1-24(21,22)12-6-9(15(16,17)18)4-5-10(12)13(20)11-7-19-23-14(11)8-2-3-8/h6-8,12H,5,9-10H2,1-4H3;4-8H,2-3H2,1H3. The molecule has 1 saturated carbocycles. The summed E-state index contributed by atoms with van der Waals surface area (Å²) >= 11 is 5.76. The van der Waals surface area contributed by atoms with Crippen molar-refractivity contribution in [1.29, 1.82) is 0 Å². The number of carbonyl (C=O) groups is 2. The fraction of sp³-hybridized carbons (Fsp3) is 0.433. The van der Waals surface area contributed by atoms with Crippen molar-refractivity contribution in [3.05, 3.63) is 76.2 Å². The van der Waals surface area contributed by atoms with Gasteiger partial charge in [0.15, 0.2) is 21.4 Å². The van der Waals surface area contributed by atoms with Gasteiger partial charge < -0.3 is 14.2 Å². The van der Waals surface area contributed by atoms with Gasteiger partial charge in [0, 0.05) is 24.8 Å². The number of anilines is 1. The van der Waals surface area contributed by atoms with Crippen LogP contribution in [0.4, 0.5) is 18.9 Å². The number of rotatable bonds is 10. The Morgan fingerprint density at radius 2 is 1.86 bits per heavy atom. The van der Waals surface area contributed by atoms with Crippen molar-refractivity contribution in [3.8, 4) is 0 Å². The molecule has 1 atom stereocenters. The quantitative estimate of drug-likeness (QED) is 0.187. The molecule has 1 amide bonds. The number of benzene rings is 2. The third-order valence-electron chi connectivity index (χ3n) is 6.92. The molecule has 0 aliphatic heterocycles. The molecule has 1 fully saturated rings. The van der Waals surface area contributed by atoms with E-state index in [1.807, 2.05) is 26.0 Å². The highest BCUT2D eigenvalue weighted by Gasteiger charge is 2.36. The minimum atomic E-state index is -4.71. The van der Waals surface area contributed by atoms with Gasteiger partial charge in [0.25, 0.3) is 0 Å². The molecule has 1 unspecified atom stereocenters. The molecule has 0 spiro atoms. The maximum atomic E-state index is 12.8. The van der Waals surface area contributed by atoms with E-state index in [0.717, 1.165) is 48.4 Å². The van der Waals surface area contributed by atoms with Crippen LogP contribution in [0.15, 0.2) is 52.0 Å². The Balaban J connectivity index is 0.000000243. The summed E-state index contributed by atoms with van der Waals surface area (Å²) in [4.78, 5) is 25.9. The van der Waals surface area contributed by atoms with Crippen molar-refractivity contribution < 1.29 is 40.4 Å². The van der Waals surface area contributed by atoms with Crippen LogP contribution in [0, 0.1) is 6.92 Å². The number of aromatic nitrogens is 1. The Labute approximate surface area is 254 Å². The minimum Gasteiger partial charge on any atom is -0.383 e. The summed E-state index contributed by atoms with van der Waals surface area (Å²) in [5.74, 6) is -0.435. The SMILES string of the molecule is CCc1cccc(C)c1N(C(=O)CCl)C(C)COC.CS(=O)(=O)c1cc(C(F)(F)F)ccc1C(=O)c1cnoc1C1CC1. The first-order valence-corrected chi connectivity index (χ1v) is 15.9. The second kappa shape index (κ2) is 14.0. The van der Waals surface area contributed by atoms with Gasteiger partial charge in [0.2, 0.25) is 5.91 Å². The van der Waals surface area contributed by atoms with E-state index in [1.54, 1.807) is 12.0 Å². The first-order chi connectivity index (χ1) is 20.1. The van der Waals surface area contributed by atoms with Gasteiger partial charge in [-0.3, -0.25) is 9.59 Å². The van der Waals surface area contributed by atoms with Gasteiger partial charge >= 0.3 is 6.18 Å². The Hall–Kier alpha value is -3.22. The molecule has 1 aromatic heterocycles. The largest absolute Gasteiger partial charge is 0.416 e. The van der Waals surface area contributed by atoms with Crippen LogP contribution in [0.3, 0.4) is 0 Å². The van der Waals surface area contributed by atoms with Gasteiger partial charge in [-0.05, 0) is 62.4 Å². The topological polar surface area (TPSA) is 107 Å². The van der Waals surface area contributed by atoms with Crippen molar-refractivity contribution in [2.75, 3.05) is 30.8 Å². The van der Waals surface area contributed by atoms with Crippen LogP contribution in [0.5, 0.6) is 0 Å². The smallest absolute Gasteiger partial charge is 0.383 e. The zero-order chi connectivity index (χ0) is 32.1. The van der Waals surface area contributed by atoms with Gasteiger partial charge in [0.1, 0.15) is 5.88 Å². The molecule has 2 aromatic carbocycles. The highest BCUT2D eigenvalue weighted by atomic mass is 35.5. The Kier molecular flexibility index (Phi) is 11.2. The summed E-state index contributed by atoms with van der Waals surface area (Å²) in [6.45, 7) is 6.56. The molecule has 0 radical (unpaired) electrons. The van der Waals surface area contributed by atoms with Crippen LogP contribution in [0.25, 0.3) is 0 Å². The van der Waals surface area contributed by atoms with E-state index >= 15 is 0 Å². The van der Waals surface area contributed by atoms with E-state index in [0.29, 0.717) is 24.5 Å². The maximum Gasteiger partial charge on any atom is 0.416 e. The zero-order valence-electron chi connectivity index (χ0n) is 24.5. The van der Waals surface area contributed by atoms with E-state index in [1.165, 1.54) is 6.20 Å². The molecule has 1 heterocycles. The summed E-state index contributed by atoms with van der Waals surface area (Å²) in [6.07, 6.45) is -0.266. The van der Waals surface area contributed by atoms with Crippen LogP contribution < -0.4 is 4.90 Å². The first-order valence-electron chi connectivity index (χ1n) is 13.5. The van der Waals surface area contributed by atoms with Crippen molar-refractivity contribution in [2.45, 2.75) is 63.1 Å². The summed E-state index contributed by atoms with van der Waals surface area (Å²) in [5.41, 5.74) is 1.84. The predicted molar refractivity (Wildman–Crippen MR) is 157 cm³/mol. The molecule has 0 N–H and O–H groups in total. The summed E-state index contributed by atoms with van der Waals surface area (Å²) in [5, 5.41) is 3.55. The van der Waals surface area contributed by atoms with E-state index in [-0.39, 0.29) is 34.9 Å². The van der Waals surface area contributed by atoms with E-state index in [9.17, 15) is 31.2 Å². The van der Waals surface area contributed by atoms with Gasteiger partial charge in [-0.25, -0.2) is 8.42 Å². The van der Waals surface area contributed by atoms with Crippen molar-refractivity contribution in [3.63, 3.8) is 0 Å². The number of ketones is 1. The van der Waals surface area contributed by atoms with Crippen molar-refractivity contribution >= 4 is 38.8 Å². The fourth-order valence-corrected chi connectivity index (χ4v) is 5.75. The Morgan fingerprint density at radius 1 is 1.19 bits per heavy atom. The molecule has 1 aliphatic carbocycles. The van der Waals surface area contributed by atoms with Gasteiger partial charge in [0.05, 0.1) is 40.6 Å². The lowest BCUT2D eigenvalue weighted by Crippen LogP contribution is -2.43. The van der Waals surface area contributed by atoms with Gasteiger partial charge in [-0.15, -0.1) is 11.6 Å². The summed E-state index contributed by atoms with van der Waals surface area (Å²) < 4.78 is 72.5. The normalized spacial score (nSPS) is 14.1. The molecule has 0 saturated heterocycles. The maximum absolute atomic E-state index is 12.8. The number of halogens is 4. The number of amides is 1. The Morgan fingerprint density at radius 3 is 2.40 bits per heavy atom. The zero-order valence-corrected chi connectivity index (χ0v) is 26.1. The molecular weight excluding hydrogens is 609 g/mol. The molecule has 234 valence electrons. The highest BCUT2D eigenvalue weighted by molar-refractivity contribution is 7.90. The van der Waals surface area contributed by atoms with Crippen LogP contribution in [0.2, 0.25) is 0 Å². The molecule has 0 bridgehead atoms. The van der Waals surface area contributed by atoms with Gasteiger partial charge in [-0.1, -0.05) is 30.3 Å². The van der Waals surface area contributed by atoms with Gasteiger partial charge in [-0.2, -0.15) is 13.2 Å². The number of sulfone groups is 1. The average molecular weight is 643 g/mol. The molecule has 1 aliphatic rings. The summed E-state index contributed by atoms with van der Waals surface area (Å²) in [6, 6.07) is 8.09. The number of aryl methyl sites for hydroxylation is 2. The monoisotopic (exact) mass is 642 g/mol. The average Bonchev–Trinajstić information content (AvgIpc) is 3.68. The number of hydrogen-bond donors (Lipinski definition) is 0. The highest BCUT2D eigenvalue weighted by Crippen LogP contribution is 2.42. The third-order valence-corrected chi connectivity index (χ3v) is 8.28. The number of alkyl halides is 4. The van der Waals surface area contributed by atoms with Crippen molar-refractivity contribution in [2.24, 2.45) is 0 Å². The number of carbonyl (C=O) groups excluding carboxylic acids is 2. The number of ether oxygens (including phenoxy) is 1. The number of para-hydroxylation sites is 1.